The molecule has 3 aromatic rings. The molecule has 1 saturated carbocycles. The summed E-state index contributed by atoms with van der Waals surface area (Å²) >= 11 is 7.30. The van der Waals surface area contributed by atoms with Crippen LogP contribution < -0.4 is 5.32 Å². The highest BCUT2D eigenvalue weighted by Gasteiger charge is 2.21. The lowest BCUT2D eigenvalue weighted by molar-refractivity contribution is -0.113. The SMILES string of the molecule is Cn1c(SCC(=O)Nc2ccnn2C2CCCC2)nnc1-c1ccc(Cl)cc1. The Labute approximate surface area is 172 Å². The van der Waals surface area contributed by atoms with Crippen LogP contribution in [0.5, 0.6) is 0 Å². The van der Waals surface area contributed by atoms with Crippen LogP contribution in [-0.2, 0) is 11.8 Å². The summed E-state index contributed by atoms with van der Waals surface area (Å²) in [6.07, 6.45) is 6.41. The van der Waals surface area contributed by atoms with Crippen molar-refractivity contribution in [1.29, 1.82) is 0 Å². The van der Waals surface area contributed by atoms with E-state index in [9.17, 15) is 4.79 Å². The number of anilines is 1. The Hall–Kier alpha value is -2.32. The smallest absolute Gasteiger partial charge is 0.235 e. The summed E-state index contributed by atoms with van der Waals surface area (Å²) in [5, 5.41) is 17.2. The molecule has 0 radical (unpaired) electrons. The van der Waals surface area contributed by atoms with Gasteiger partial charge in [0.15, 0.2) is 11.0 Å². The number of nitrogens with one attached hydrogen (secondary N) is 1. The highest BCUT2D eigenvalue weighted by Crippen LogP contribution is 2.31. The Morgan fingerprint density at radius 3 is 2.71 bits per heavy atom. The first-order chi connectivity index (χ1) is 13.6. The molecule has 0 unspecified atom stereocenters. The lowest BCUT2D eigenvalue weighted by Gasteiger charge is -2.14. The van der Waals surface area contributed by atoms with Crippen LogP contribution in [0.2, 0.25) is 5.02 Å². The number of benzene rings is 1. The number of carbonyl (C=O) groups is 1. The van der Waals surface area contributed by atoms with Crippen LogP contribution in [0.25, 0.3) is 11.4 Å². The first-order valence-electron chi connectivity index (χ1n) is 9.23. The van der Waals surface area contributed by atoms with Crippen molar-refractivity contribution in [3.63, 3.8) is 0 Å². The molecule has 1 N–H and O–H groups in total. The van der Waals surface area contributed by atoms with Gasteiger partial charge in [0.1, 0.15) is 5.82 Å². The van der Waals surface area contributed by atoms with Crippen molar-refractivity contribution in [2.75, 3.05) is 11.1 Å². The van der Waals surface area contributed by atoms with E-state index in [1.54, 1.807) is 6.20 Å². The maximum atomic E-state index is 12.4. The number of aromatic nitrogens is 5. The van der Waals surface area contributed by atoms with Crippen LogP contribution in [-0.4, -0.2) is 36.2 Å². The monoisotopic (exact) mass is 416 g/mol. The number of halogens is 1. The van der Waals surface area contributed by atoms with Crippen LogP contribution >= 0.6 is 23.4 Å². The average molecular weight is 417 g/mol. The molecule has 1 amide bonds. The van der Waals surface area contributed by atoms with Gasteiger partial charge in [0, 0.05) is 23.7 Å². The summed E-state index contributed by atoms with van der Waals surface area (Å²) in [5.74, 6) is 1.67. The third-order valence-electron chi connectivity index (χ3n) is 4.88. The lowest BCUT2D eigenvalue weighted by Crippen LogP contribution is -2.19. The zero-order valence-corrected chi connectivity index (χ0v) is 17.1. The Kier molecular flexibility index (Phi) is 5.68. The van der Waals surface area contributed by atoms with E-state index < -0.39 is 0 Å². The van der Waals surface area contributed by atoms with Gasteiger partial charge in [-0.2, -0.15) is 5.10 Å². The van der Waals surface area contributed by atoms with Gasteiger partial charge >= 0.3 is 0 Å². The Morgan fingerprint density at radius 1 is 1.21 bits per heavy atom. The Morgan fingerprint density at radius 2 is 1.96 bits per heavy atom. The minimum atomic E-state index is -0.0826. The van der Waals surface area contributed by atoms with Crippen LogP contribution in [0.1, 0.15) is 31.7 Å². The molecule has 1 aromatic carbocycles. The van der Waals surface area contributed by atoms with Crippen molar-refractivity contribution in [1.82, 2.24) is 24.5 Å². The summed E-state index contributed by atoms with van der Waals surface area (Å²) in [7, 11) is 1.89. The van der Waals surface area contributed by atoms with Crippen LogP contribution in [0.3, 0.4) is 0 Å². The van der Waals surface area contributed by atoms with E-state index in [1.165, 1.54) is 24.6 Å². The van der Waals surface area contributed by atoms with Crippen LogP contribution in [0.15, 0.2) is 41.7 Å². The van der Waals surface area contributed by atoms with Gasteiger partial charge in [0.2, 0.25) is 5.91 Å². The van der Waals surface area contributed by atoms with Gasteiger partial charge in [0.05, 0.1) is 18.0 Å². The number of carbonyl (C=O) groups excluding carboxylic acids is 1. The second-order valence-corrected chi connectivity index (χ2v) is 8.19. The fraction of sp³-hybridized carbons (Fsp3) is 0.368. The number of amides is 1. The van der Waals surface area contributed by atoms with Crippen LogP contribution in [0, 0.1) is 0 Å². The molecular formula is C19H21ClN6OS. The summed E-state index contributed by atoms with van der Waals surface area (Å²) in [5.41, 5.74) is 0.927. The van der Waals surface area contributed by atoms with Gasteiger partial charge in [-0.05, 0) is 37.1 Å². The molecule has 4 rings (SSSR count). The average Bonchev–Trinajstić information content (AvgIpc) is 3.42. The molecule has 1 aliphatic carbocycles. The molecule has 28 heavy (non-hydrogen) atoms. The number of hydrogen-bond donors (Lipinski definition) is 1. The zero-order valence-electron chi connectivity index (χ0n) is 15.5. The fourth-order valence-electron chi connectivity index (χ4n) is 3.45. The summed E-state index contributed by atoms with van der Waals surface area (Å²) < 4.78 is 3.82. The van der Waals surface area contributed by atoms with E-state index >= 15 is 0 Å². The van der Waals surface area contributed by atoms with Gasteiger partial charge in [-0.3, -0.25) is 4.79 Å². The minimum absolute atomic E-state index is 0.0826. The summed E-state index contributed by atoms with van der Waals surface area (Å²) in [6.45, 7) is 0. The van der Waals surface area contributed by atoms with E-state index in [0.717, 1.165) is 30.0 Å². The number of thioether (sulfide) groups is 1. The van der Waals surface area contributed by atoms with Crippen molar-refractivity contribution in [2.45, 2.75) is 36.9 Å². The quantitative estimate of drug-likeness (QED) is 0.610. The van der Waals surface area contributed by atoms with Crippen LogP contribution in [0.4, 0.5) is 5.82 Å². The molecule has 0 bridgehead atoms. The molecule has 2 heterocycles. The van der Waals surface area contributed by atoms with Crippen molar-refractivity contribution >= 4 is 35.1 Å². The standard InChI is InChI=1S/C19H21ClN6OS/c1-25-18(13-6-8-14(20)9-7-13)23-24-19(25)28-12-17(27)22-16-10-11-21-26(16)15-4-2-3-5-15/h6-11,15H,2-5,12H2,1H3,(H,22,27). The summed E-state index contributed by atoms with van der Waals surface area (Å²) in [4.78, 5) is 12.4. The molecule has 0 atom stereocenters. The predicted molar refractivity (Wildman–Crippen MR) is 111 cm³/mol. The van der Waals surface area contributed by atoms with Gasteiger partial charge in [-0.15, -0.1) is 10.2 Å². The van der Waals surface area contributed by atoms with Gasteiger partial charge in [-0.1, -0.05) is 36.2 Å². The third kappa shape index (κ3) is 4.07. The van der Waals surface area contributed by atoms with E-state index in [4.69, 9.17) is 11.6 Å². The van der Waals surface area contributed by atoms with Crippen molar-refractivity contribution in [3.8, 4) is 11.4 Å². The van der Waals surface area contributed by atoms with Gasteiger partial charge in [-0.25, -0.2) is 4.68 Å². The van der Waals surface area contributed by atoms with E-state index in [-0.39, 0.29) is 11.7 Å². The molecule has 146 valence electrons. The fourth-order valence-corrected chi connectivity index (χ4v) is 4.29. The third-order valence-corrected chi connectivity index (χ3v) is 6.15. The highest BCUT2D eigenvalue weighted by atomic mass is 35.5. The minimum Gasteiger partial charge on any atom is -0.310 e. The molecule has 9 heteroatoms. The van der Waals surface area contributed by atoms with Crippen molar-refractivity contribution in [3.05, 3.63) is 41.6 Å². The Bertz CT molecular complexity index is 961. The molecule has 1 aliphatic rings. The highest BCUT2D eigenvalue weighted by molar-refractivity contribution is 7.99. The molecule has 1 fully saturated rings. The molecule has 2 aromatic heterocycles. The van der Waals surface area contributed by atoms with Crippen molar-refractivity contribution in [2.24, 2.45) is 7.05 Å². The largest absolute Gasteiger partial charge is 0.310 e. The Balaban J connectivity index is 1.38. The first-order valence-corrected chi connectivity index (χ1v) is 10.6. The maximum absolute atomic E-state index is 12.4. The second kappa shape index (κ2) is 8.36. The van der Waals surface area contributed by atoms with E-state index in [0.29, 0.717) is 16.2 Å². The number of rotatable bonds is 6. The molecule has 0 saturated heterocycles. The molecule has 7 nitrogen and oxygen atoms in total. The first kappa shape index (κ1) is 19.0. The normalized spacial score (nSPS) is 14.5. The second-order valence-electron chi connectivity index (χ2n) is 6.81. The molecule has 0 aliphatic heterocycles. The lowest BCUT2D eigenvalue weighted by atomic mass is 10.2. The topological polar surface area (TPSA) is 77.6 Å². The zero-order chi connectivity index (χ0) is 19.5. The molecule has 0 spiro atoms. The van der Waals surface area contributed by atoms with Crippen molar-refractivity contribution < 1.29 is 4.79 Å². The number of hydrogen-bond acceptors (Lipinski definition) is 5. The predicted octanol–water partition coefficient (Wildman–Crippen LogP) is 4.18. The maximum Gasteiger partial charge on any atom is 0.235 e. The van der Waals surface area contributed by atoms with E-state index in [1.807, 2.05) is 46.6 Å². The van der Waals surface area contributed by atoms with Gasteiger partial charge < -0.3 is 9.88 Å². The van der Waals surface area contributed by atoms with E-state index in [2.05, 4.69) is 20.6 Å². The summed E-state index contributed by atoms with van der Waals surface area (Å²) in [6, 6.07) is 9.68. The number of nitrogens with zero attached hydrogens (tertiary/aromatic N) is 5. The molecular weight excluding hydrogens is 396 g/mol. The van der Waals surface area contributed by atoms with Gasteiger partial charge in [0.25, 0.3) is 0 Å².